The van der Waals surface area contributed by atoms with Crippen LogP contribution in [-0.2, 0) is 10.2 Å². The number of nitrogens with two attached hydrogens (primary N) is 1. The molecule has 6 nitrogen and oxygen atoms in total. The van der Waals surface area contributed by atoms with Gasteiger partial charge in [0.2, 0.25) is 11.3 Å². The molecular weight excluding hydrogens is 338 g/mol. The highest BCUT2D eigenvalue weighted by Gasteiger charge is 2.71. The van der Waals surface area contributed by atoms with E-state index >= 15 is 0 Å². The molecule has 0 saturated carbocycles. The Morgan fingerprint density at radius 1 is 1.22 bits per heavy atom. The quantitative estimate of drug-likeness (QED) is 0.766. The molecule has 1 amide bonds. The molecule has 2 atom stereocenters. The standard InChI is InChI=1S/C21H17N5O/c1-26-17-9-5-4-8-16(17)21(19(26)27)15-7-3-2-6-13(15)14(10-22)18(25)20(21,11-23)12-24/h4-6,8-9,15H,2-3,7,25H2,1H3/t15-,21-/m0/s1. The van der Waals surface area contributed by atoms with E-state index in [-0.39, 0.29) is 17.2 Å². The third kappa shape index (κ3) is 1.65. The van der Waals surface area contributed by atoms with Crippen LogP contribution in [0, 0.1) is 45.3 Å². The second kappa shape index (κ2) is 5.47. The minimum absolute atomic E-state index is 0.113. The Bertz CT molecular complexity index is 1050. The number of amides is 1. The largest absolute Gasteiger partial charge is 0.399 e. The zero-order valence-corrected chi connectivity index (χ0v) is 14.9. The molecule has 0 aromatic heterocycles. The lowest BCUT2D eigenvalue weighted by Gasteiger charge is -2.49. The number of para-hydroxylation sites is 1. The molecule has 2 N–H and O–H groups in total. The summed E-state index contributed by atoms with van der Waals surface area (Å²) in [6, 6.07) is 13.5. The normalized spacial score (nSPS) is 27.9. The number of fused-ring (bicyclic) bond motifs is 4. The highest BCUT2D eigenvalue weighted by atomic mass is 16.2. The molecule has 2 aliphatic carbocycles. The number of hydrogen-bond acceptors (Lipinski definition) is 5. The van der Waals surface area contributed by atoms with Gasteiger partial charge in [0, 0.05) is 18.7 Å². The fraction of sp³-hybridized carbons (Fsp3) is 0.333. The first-order valence-corrected chi connectivity index (χ1v) is 8.82. The van der Waals surface area contributed by atoms with Crippen molar-refractivity contribution >= 4 is 11.6 Å². The van der Waals surface area contributed by atoms with E-state index < -0.39 is 16.7 Å². The van der Waals surface area contributed by atoms with Gasteiger partial charge < -0.3 is 10.6 Å². The van der Waals surface area contributed by atoms with Crippen molar-refractivity contribution in [2.45, 2.75) is 24.7 Å². The van der Waals surface area contributed by atoms with Crippen LogP contribution in [0.5, 0.6) is 0 Å². The van der Waals surface area contributed by atoms with Crippen molar-refractivity contribution in [2.75, 3.05) is 11.9 Å². The van der Waals surface area contributed by atoms with Crippen LogP contribution in [0.3, 0.4) is 0 Å². The molecule has 27 heavy (non-hydrogen) atoms. The minimum atomic E-state index is -1.94. The van der Waals surface area contributed by atoms with E-state index in [2.05, 4.69) is 18.2 Å². The van der Waals surface area contributed by atoms with Gasteiger partial charge in [-0.1, -0.05) is 24.3 Å². The van der Waals surface area contributed by atoms with Gasteiger partial charge in [0.15, 0.2) is 0 Å². The van der Waals surface area contributed by atoms with Gasteiger partial charge in [0.25, 0.3) is 0 Å². The number of carbonyl (C=O) groups excluding carboxylic acids is 1. The number of benzene rings is 1. The molecule has 1 spiro atoms. The summed E-state index contributed by atoms with van der Waals surface area (Å²) < 4.78 is 0. The second-order valence-corrected chi connectivity index (χ2v) is 7.21. The van der Waals surface area contributed by atoms with Gasteiger partial charge in [-0.3, -0.25) is 4.79 Å². The lowest BCUT2D eigenvalue weighted by Crippen LogP contribution is -2.61. The Hall–Kier alpha value is -3.56. The van der Waals surface area contributed by atoms with Gasteiger partial charge in [-0.25, -0.2) is 0 Å². The average Bonchev–Trinajstić information content (AvgIpc) is 2.93. The Morgan fingerprint density at radius 3 is 2.59 bits per heavy atom. The van der Waals surface area contributed by atoms with Crippen LogP contribution in [-0.4, -0.2) is 13.0 Å². The Kier molecular flexibility index (Phi) is 3.42. The highest BCUT2D eigenvalue weighted by molar-refractivity contribution is 6.10. The van der Waals surface area contributed by atoms with E-state index in [1.54, 1.807) is 19.2 Å². The third-order valence-corrected chi connectivity index (χ3v) is 6.29. The van der Waals surface area contributed by atoms with Crippen molar-refractivity contribution < 1.29 is 4.79 Å². The van der Waals surface area contributed by atoms with E-state index in [4.69, 9.17) is 5.73 Å². The Balaban J connectivity index is 2.22. The van der Waals surface area contributed by atoms with Crippen molar-refractivity contribution in [3.63, 3.8) is 0 Å². The molecule has 1 aliphatic heterocycles. The van der Waals surface area contributed by atoms with Crippen LogP contribution in [0.1, 0.15) is 24.8 Å². The monoisotopic (exact) mass is 355 g/mol. The van der Waals surface area contributed by atoms with Crippen molar-refractivity contribution in [2.24, 2.45) is 17.1 Å². The van der Waals surface area contributed by atoms with Crippen LogP contribution in [0.15, 0.2) is 47.2 Å². The summed E-state index contributed by atoms with van der Waals surface area (Å²) in [5.41, 5.74) is 5.01. The Labute approximate surface area is 157 Å². The highest BCUT2D eigenvalue weighted by Crippen LogP contribution is 2.64. The number of likely N-dealkylation sites (N-methyl/N-ethyl adjacent to an activating group) is 1. The predicted molar refractivity (Wildman–Crippen MR) is 97.4 cm³/mol. The fourth-order valence-electron chi connectivity index (χ4n) is 5.15. The van der Waals surface area contributed by atoms with Gasteiger partial charge >= 0.3 is 0 Å². The van der Waals surface area contributed by atoms with Gasteiger partial charge in [0.1, 0.15) is 11.5 Å². The van der Waals surface area contributed by atoms with E-state index in [1.807, 2.05) is 18.2 Å². The Morgan fingerprint density at radius 2 is 1.93 bits per heavy atom. The zero-order valence-electron chi connectivity index (χ0n) is 14.9. The maximum absolute atomic E-state index is 13.7. The molecule has 1 heterocycles. The van der Waals surface area contributed by atoms with Gasteiger partial charge in [-0.2, -0.15) is 15.8 Å². The topological polar surface area (TPSA) is 118 Å². The second-order valence-electron chi connectivity index (χ2n) is 7.21. The molecule has 4 rings (SSSR count). The first-order chi connectivity index (χ1) is 13.0. The van der Waals surface area contributed by atoms with E-state index in [9.17, 15) is 20.6 Å². The molecule has 1 aromatic carbocycles. The van der Waals surface area contributed by atoms with Crippen LogP contribution in [0.4, 0.5) is 5.69 Å². The van der Waals surface area contributed by atoms with Gasteiger partial charge in [-0.15, -0.1) is 0 Å². The number of carbonyl (C=O) groups is 1. The molecule has 1 aromatic rings. The first-order valence-electron chi connectivity index (χ1n) is 8.82. The molecule has 0 unspecified atom stereocenters. The lowest BCUT2D eigenvalue weighted by atomic mass is 9.47. The molecule has 0 bridgehead atoms. The summed E-state index contributed by atoms with van der Waals surface area (Å²) in [6.07, 6.45) is 4.15. The summed E-state index contributed by atoms with van der Waals surface area (Å²) in [5, 5.41) is 30.1. The minimum Gasteiger partial charge on any atom is -0.399 e. The smallest absolute Gasteiger partial charge is 0.241 e. The van der Waals surface area contributed by atoms with Crippen molar-refractivity contribution in [1.29, 1.82) is 15.8 Å². The summed E-state index contributed by atoms with van der Waals surface area (Å²) in [5.74, 6) is -0.754. The number of nitrogens with zero attached hydrogens (tertiary/aromatic N) is 4. The predicted octanol–water partition coefficient (Wildman–Crippen LogP) is 2.41. The van der Waals surface area contributed by atoms with E-state index in [1.165, 1.54) is 4.90 Å². The number of anilines is 1. The maximum Gasteiger partial charge on any atom is 0.241 e. The van der Waals surface area contributed by atoms with E-state index in [0.717, 1.165) is 12.8 Å². The molecule has 0 fully saturated rings. The molecule has 0 radical (unpaired) electrons. The molecule has 132 valence electrons. The van der Waals surface area contributed by atoms with Crippen LogP contribution in [0.2, 0.25) is 0 Å². The number of nitriles is 3. The third-order valence-electron chi connectivity index (χ3n) is 6.29. The van der Waals surface area contributed by atoms with Gasteiger partial charge in [0.05, 0.1) is 23.4 Å². The van der Waals surface area contributed by atoms with Crippen molar-refractivity contribution in [1.82, 2.24) is 0 Å². The summed E-state index contributed by atoms with van der Waals surface area (Å²) in [4.78, 5) is 15.2. The first kappa shape index (κ1) is 16.9. The average molecular weight is 355 g/mol. The SMILES string of the molecule is CN1C(=O)[C@@]2(c3ccccc31)[C@H]1CCCC=C1C(C#N)=C(N)C2(C#N)C#N. The molecular formula is C21H17N5O. The van der Waals surface area contributed by atoms with Crippen LogP contribution >= 0.6 is 0 Å². The summed E-state index contributed by atoms with van der Waals surface area (Å²) in [7, 11) is 1.65. The maximum atomic E-state index is 13.7. The summed E-state index contributed by atoms with van der Waals surface area (Å²) >= 11 is 0. The summed E-state index contributed by atoms with van der Waals surface area (Å²) in [6.45, 7) is 0. The number of hydrogen-bond donors (Lipinski definition) is 1. The van der Waals surface area contributed by atoms with Crippen molar-refractivity contribution in [3.05, 3.63) is 52.7 Å². The molecule has 3 aliphatic rings. The molecule has 0 saturated heterocycles. The number of allylic oxidation sites excluding steroid dienone is 4. The van der Waals surface area contributed by atoms with Crippen LogP contribution in [0.25, 0.3) is 0 Å². The molecule has 6 heteroatoms. The van der Waals surface area contributed by atoms with Crippen molar-refractivity contribution in [3.8, 4) is 18.2 Å². The lowest BCUT2D eigenvalue weighted by molar-refractivity contribution is -0.127. The van der Waals surface area contributed by atoms with Gasteiger partial charge in [-0.05, 0) is 36.5 Å². The zero-order chi connectivity index (χ0) is 19.4. The van der Waals surface area contributed by atoms with Crippen LogP contribution < -0.4 is 10.6 Å². The number of rotatable bonds is 0. The fourth-order valence-corrected chi connectivity index (χ4v) is 5.15. The van der Waals surface area contributed by atoms with E-state index in [0.29, 0.717) is 23.2 Å².